The molecular formula is C13H20N2O4. The molecule has 0 spiro atoms. The Labute approximate surface area is 112 Å². The van der Waals surface area contributed by atoms with Crippen LogP contribution in [-0.2, 0) is 9.47 Å². The van der Waals surface area contributed by atoms with Crippen molar-refractivity contribution in [2.75, 3.05) is 31.2 Å². The Balaban J connectivity index is 2.06. The molecule has 1 aromatic rings. The van der Waals surface area contributed by atoms with Crippen LogP contribution in [0.3, 0.4) is 0 Å². The topological polar surface area (TPSA) is 64.8 Å². The number of oxazole rings is 1. The Morgan fingerprint density at radius 1 is 1.58 bits per heavy atom. The van der Waals surface area contributed by atoms with Gasteiger partial charge in [-0.3, -0.25) is 0 Å². The van der Waals surface area contributed by atoms with Crippen LogP contribution in [0.25, 0.3) is 0 Å². The summed E-state index contributed by atoms with van der Waals surface area (Å²) in [5.41, 5.74) is 0.218. The van der Waals surface area contributed by atoms with Gasteiger partial charge in [0.2, 0.25) is 0 Å². The van der Waals surface area contributed by atoms with Gasteiger partial charge in [-0.25, -0.2) is 4.79 Å². The molecule has 0 aromatic carbocycles. The van der Waals surface area contributed by atoms with Crippen molar-refractivity contribution in [1.29, 1.82) is 0 Å². The normalized spacial score (nSPS) is 20.1. The fourth-order valence-corrected chi connectivity index (χ4v) is 2.02. The summed E-state index contributed by atoms with van der Waals surface area (Å²) in [6.45, 7) is 6.49. The lowest BCUT2D eigenvalue weighted by Crippen LogP contribution is -2.31. The highest BCUT2D eigenvalue weighted by Crippen LogP contribution is 2.18. The summed E-state index contributed by atoms with van der Waals surface area (Å²) in [4.78, 5) is 17.8. The van der Waals surface area contributed by atoms with E-state index in [4.69, 9.17) is 13.9 Å². The average Bonchev–Trinajstić information content (AvgIpc) is 2.78. The van der Waals surface area contributed by atoms with Crippen molar-refractivity contribution in [1.82, 2.24) is 4.98 Å². The highest BCUT2D eigenvalue weighted by Gasteiger charge is 2.22. The second kappa shape index (κ2) is 6.56. The Morgan fingerprint density at radius 2 is 2.42 bits per heavy atom. The van der Waals surface area contributed by atoms with E-state index in [0.717, 1.165) is 32.5 Å². The number of carbonyl (C=O) groups excluding carboxylic acids is 1. The van der Waals surface area contributed by atoms with Crippen LogP contribution in [0.15, 0.2) is 10.7 Å². The predicted octanol–water partition coefficient (Wildman–Crippen LogP) is 1.86. The molecule has 1 saturated heterocycles. The van der Waals surface area contributed by atoms with Crippen molar-refractivity contribution in [2.45, 2.75) is 32.8 Å². The third-order valence-electron chi connectivity index (χ3n) is 3.05. The summed E-state index contributed by atoms with van der Waals surface area (Å²) in [6, 6.07) is 0.465. The molecule has 6 heteroatoms. The van der Waals surface area contributed by atoms with E-state index in [1.165, 1.54) is 6.26 Å². The van der Waals surface area contributed by atoms with Crippen molar-refractivity contribution >= 4 is 12.0 Å². The quantitative estimate of drug-likeness (QED) is 0.777. The maximum absolute atomic E-state index is 11.5. The van der Waals surface area contributed by atoms with Crippen LogP contribution in [0.4, 0.5) is 6.01 Å². The molecule has 2 heterocycles. The zero-order valence-corrected chi connectivity index (χ0v) is 11.4. The molecule has 1 aliphatic heterocycles. The van der Waals surface area contributed by atoms with E-state index in [2.05, 4.69) is 11.9 Å². The lowest BCUT2D eigenvalue weighted by atomic mass is 10.2. The minimum absolute atomic E-state index is 0.181. The van der Waals surface area contributed by atoms with Gasteiger partial charge in [0.1, 0.15) is 6.26 Å². The number of rotatable bonds is 4. The first-order valence-electron chi connectivity index (χ1n) is 6.73. The Kier molecular flexibility index (Phi) is 4.79. The summed E-state index contributed by atoms with van der Waals surface area (Å²) in [7, 11) is 0. The standard InChI is InChI=1S/C13H20N2O4/c1-3-10-8-15(6-5-7-18-10)13-14-11(9-19-13)12(16)17-4-2/h9-10H,3-8H2,1-2H3. The number of anilines is 1. The lowest BCUT2D eigenvalue weighted by molar-refractivity contribution is 0.0519. The van der Waals surface area contributed by atoms with Gasteiger partial charge < -0.3 is 18.8 Å². The number of ether oxygens (including phenoxy) is 2. The fraction of sp³-hybridized carbons (Fsp3) is 0.692. The molecule has 2 rings (SSSR count). The summed E-state index contributed by atoms with van der Waals surface area (Å²) < 4.78 is 16.0. The third kappa shape index (κ3) is 3.47. The number of hydrogen-bond acceptors (Lipinski definition) is 6. The monoisotopic (exact) mass is 268 g/mol. The predicted molar refractivity (Wildman–Crippen MR) is 69.3 cm³/mol. The van der Waals surface area contributed by atoms with Crippen molar-refractivity contribution in [3.05, 3.63) is 12.0 Å². The first-order chi connectivity index (χ1) is 9.24. The van der Waals surface area contributed by atoms with Crippen LogP contribution < -0.4 is 4.90 Å². The van der Waals surface area contributed by atoms with Crippen LogP contribution in [0.2, 0.25) is 0 Å². The zero-order chi connectivity index (χ0) is 13.7. The van der Waals surface area contributed by atoms with Gasteiger partial charge in [0.15, 0.2) is 5.69 Å². The van der Waals surface area contributed by atoms with Gasteiger partial charge in [0.25, 0.3) is 6.01 Å². The first-order valence-corrected chi connectivity index (χ1v) is 6.73. The molecule has 1 fully saturated rings. The van der Waals surface area contributed by atoms with Gasteiger partial charge >= 0.3 is 5.97 Å². The molecule has 0 amide bonds. The van der Waals surface area contributed by atoms with Crippen molar-refractivity contribution in [3.8, 4) is 0 Å². The van der Waals surface area contributed by atoms with E-state index < -0.39 is 5.97 Å². The number of nitrogens with zero attached hydrogens (tertiary/aromatic N) is 2. The number of aromatic nitrogens is 1. The fourth-order valence-electron chi connectivity index (χ4n) is 2.02. The van der Waals surface area contributed by atoms with E-state index in [9.17, 15) is 4.79 Å². The summed E-state index contributed by atoms with van der Waals surface area (Å²) in [6.07, 6.45) is 3.40. The van der Waals surface area contributed by atoms with E-state index >= 15 is 0 Å². The Morgan fingerprint density at radius 3 is 3.16 bits per heavy atom. The highest BCUT2D eigenvalue weighted by molar-refractivity contribution is 5.87. The second-order valence-corrected chi connectivity index (χ2v) is 4.44. The summed E-state index contributed by atoms with van der Waals surface area (Å²) >= 11 is 0. The van der Waals surface area contributed by atoms with Gasteiger partial charge in [0, 0.05) is 19.7 Å². The minimum atomic E-state index is -0.449. The Hall–Kier alpha value is -1.56. The molecular weight excluding hydrogens is 248 g/mol. The molecule has 19 heavy (non-hydrogen) atoms. The highest BCUT2D eigenvalue weighted by atomic mass is 16.5. The minimum Gasteiger partial charge on any atom is -0.461 e. The van der Waals surface area contributed by atoms with E-state index in [0.29, 0.717) is 12.6 Å². The summed E-state index contributed by atoms with van der Waals surface area (Å²) in [5.74, 6) is -0.449. The smallest absolute Gasteiger partial charge is 0.360 e. The molecule has 1 aliphatic rings. The molecule has 0 saturated carbocycles. The molecule has 1 aromatic heterocycles. The van der Waals surface area contributed by atoms with E-state index in [1.54, 1.807) is 6.92 Å². The molecule has 1 unspecified atom stereocenters. The first kappa shape index (κ1) is 13.9. The lowest BCUT2D eigenvalue weighted by Gasteiger charge is -2.21. The van der Waals surface area contributed by atoms with Gasteiger partial charge in [-0.15, -0.1) is 0 Å². The number of carbonyl (C=O) groups is 1. The van der Waals surface area contributed by atoms with Crippen LogP contribution in [-0.4, -0.2) is 43.4 Å². The van der Waals surface area contributed by atoms with Gasteiger partial charge in [-0.05, 0) is 19.8 Å². The largest absolute Gasteiger partial charge is 0.461 e. The van der Waals surface area contributed by atoms with Gasteiger partial charge in [-0.1, -0.05) is 6.92 Å². The van der Waals surface area contributed by atoms with E-state index in [-0.39, 0.29) is 11.8 Å². The maximum atomic E-state index is 11.5. The number of esters is 1. The average molecular weight is 268 g/mol. The van der Waals surface area contributed by atoms with Crippen LogP contribution in [0, 0.1) is 0 Å². The van der Waals surface area contributed by atoms with Gasteiger partial charge in [0.05, 0.1) is 12.7 Å². The molecule has 1 atom stereocenters. The number of hydrogen-bond donors (Lipinski definition) is 0. The van der Waals surface area contributed by atoms with Crippen LogP contribution >= 0.6 is 0 Å². The van der Waals surface area contributed by atoms with Crippen molar-refractivity contribution in [3.63, 3.8) is 0 Å². The van der Waals surface area contributed by atoms with Crippen LogP contribution in [0.1, 0.15) is 37.2 Å². The SMILES string of the molecule is CCOC(=O)c1coc(N2CCCOC(CC)C2)n1. The molecule has 106 valence electrons. The second-order valence-electron chi connectivity index (χ2n) is 4.44. The maximum Gasteiger partial charge on any atom is 0.360 e. The molecule has 0 aliphatic carbocycles. The molecule has 6 nitrogen and oxygen atoms in total. The summed E-state index contributed by atoms with van der Waals surface area (Å²) in [5, 5.41) is 0. The zero-order valence-electron chi connectivity index (χ0n) is 11.4. The van der Waals surface area contributed by atoms with Crippen molar-refractivity contribution < 1.29 is 18.7 Å². The van der Waals surface area contributed by atoms with Crippen LogP contribution in [0.5, 0.6) is 0 Å². The molecule has 0 N–H and O–H groups in total. The van der Waals surface area contributed by atoms with Crippen molar-refractivity contribution in [2.24, 2.45) is 0 Å². The molecule has 0 bridgehead atoms. The molecule has 0 radical (unpaired) electrons. The third-order valence-corrected chi connectivity index (χ3v) is 3.05. The van der Waals surface area contributed by atoms with Gasteiger partial charge in [-0.2, -0.15) is 4.98 Å². The Bertz CT molecular complexity index is 419. The van der Waals surface area contributed by atoms with E-state index in [1.807, 2.05) is 4.90 Å².